The molecule has 138 valence electrons. The van der Waals surface area contributed by atoms with Crippen molar-refractivity contribution in [3.63, 3.8) is 0 Å². The molecule has 1 aliphatic carbocycles. The first-order chi connectivity index (χ1) is 12.4. The standard InChI is InChI=1S/C20H24N2O3S/c1-3-21-26(24,25)19-9-5-8-17(13-19)20(23)22(18-10-11-18)14-16-7-4-6-15(2)12-16/h4-9,12-13,18,21H,3,10-11,14H2,1-2H3. The van der Waals surface area contributed by atoms with Gasteiger partial charge in [0.15, 0.2) is 0 Å². The number of rotatable bonds is 7. The molecule has 0 radical (unpaired) electrons. The number of sulfonamides is 1. The van der Waals surface area contributed by atoms with Crippen molar-refractivity contribution < 1.29 is 13.2 Å². The van der Waals surface area contributed by atoms with E-state index in [2.05, 4.69) is 10.8 Å². The van der Waals surface area contributed by atoms with Crippen LogP contribution in [0.1, 0.15) is 41.3 Å². The highest BCUT2D eigenvalue weighted by Crippen LogP contribution is 2.30. The van der Waals surface area contributed by atoms with Gasteiger partial charge in [0.1, 0.15) is 0 Å². The zero-order valence-corrected chi connectivity index (χ0v) is 15.9. The molecule has 0 atom stereocenters. The van der Waals surface area contributed by atoms with Crippen LogP contribution in [0.2, 0.25) is 0 Å². The van der Waals surface area contributed by atoms with Gasteiger partial charge in [-0.05, 0) is 43.5 Å². The molecular formula is C20H24N2O3S. The molecule has 3 rings (SSSR count). The first kappa shape index (κ1) is 18.6. The predicted molar refractivity (Wildman–Crippen MR) is 101 cm³/mol. The number of hydrogen-bond donors (Lipinski definition) is 1. The zero-order valence-electron chi connectivity index (χ0n) is 15.1. The molecule has 0 unspecified atom stereocenters. The number of nitrogens with one attached hydrogen (secondary N) is 1. The van der Waals surface area contributed by atoms with E-state index in [-0.39, 0.29) is 16.8 Å². The lowest BCUT2D eigenvalue weighted by atomic mass is 10.1. The van der Waals surface area contributed by atoms with E-state index in [1.807, 2.05) is 30.0 Å². The topological polar surface area (TPSA) is 66.5 Å². The molecule has 5 nitrogen and oxygen atoms in total. The Hall–Kier alpha value is -2.18. The summed E-state index contributed by atoms with van der Waals surface area (Å²) in [5.74, 6) is -0.123. The van der Waals surface area contributed by atoms with Crippen LogP contribution in [-0.2, 0) is 16.6 Å². The molecular weight excluding hydrogens is 348 g/mol. The first-order valence-corrected chi connectivity index (χ1v) is 10.4. The minimum atomic E-state index is -3.58. The molecule has 1 amide bonds. The Balaban J connectivity index is 1.86. The van der Waals surface area contributed by atoms with Gasteiger partial charge in [0.2, 0.25) is 10.0 Å². The Kier molecular flexibility index (Phi) is 5.44. The molecule has 0 aromatic heterocycles. The van der Waals surface area contributed by atoms with E-state index < -0.39 is 10.0 Å². The number of carbonyl (C=O) groups is 1. The first-order valence-electron chi connectivity index (χ1n) is 8.87. The molecule has 1 aliphatic rings. The monoisotopic (exact) mass is 372 g/mol. The molecule has 1 fully saturated rings. The van der Waals surface area contributed by atoms with E-state index in [9.17, 15) is 13.2 Å². The van der Waals surface area contributed by atoms with Gasteiger partial charge in [0.05, 0.1) is 4.90 Å². The lowest BCUT2D eigenvalue weighted by molar-refractivity contribution is 0.0729. The Labute approximate surface area is 155 Å². The van der Waals surface area contributed by atoms with Gasteiger partial charge in [-0.1, -0.05) is 42.8 Å². The van der Waals surface area contributed by atoms with Gasteiger partial charge in [0.25, 0.3) is 5.91 Å². The Morgan fingerprint density at radius 2 is 1.88 bits per heavy atom. The maximum Gasteiger partial charge on any atom is 0.254 e. The maximum absolute atomic E-state index is 13.1. The summed E-state index contributed by atoms with van der Waals surface area (Å²) >= 11 is 0. The van der Waals surface area contributed by atoms with Gasteiger partial charge in [-0.3, -0.25) is 4.79 Å². The number of carbonyl (C=O) groups excluding carboxylic acids is 1. The predicted octanol–water partition coefficient (Wildman–Crippen LogP) is 3.10. The molecule has 0 aliphatic heterocycles. The van der Waals surface area contributed by atoms with Crippen LogP contribution in [0.4, 0.5) is 0 Å². The Bertz CT molecular complexity index is 905. The fourth-order valence-corrected chi connectivity index (χ4v) is 4.08. The smallest absolute Gasteiger partial charge is 0.254 e. The highest BCUT2D eigenvalue weighted by molar-refractivity contribution is 7.89. The maximum atomic E-state index is 13.1. The van der Waals surface area contributed by atoms with Gasteiger partial charge in [-0.2, -0.15) is 0 Å². The van der Waals surface area contributed by atoms with Gasteiger partial charge in [-0.25, -0.2) is 13.1 Å². The van der Waals surface area contributed by atoms with Gasteiger partial charge in [-0.15, -0.1) is 0 Å². The van der Waals surface area contributed by atoms with Crippen LogP contribution in [-0.4, -0.2) is 31.8 Å². The number of hydrogen-bond acceptors (Lipinski definition) is 3. The van der Waals surface area contributed by atoms with Crippen molar-refractivity contribution in [2.75, 3.05) is 6.54 Å². The molecule has 0 saturated heterocycles. The fourth-order valence-electron chi connectivity index (χ4n) is 3.00. The number of aryl methyl sites for hydroxylation is 1. The van der Waals surface area contributed by atoms with Crippen molar-refractivity contribution in [1.82, 2.24) is 9.62 Å². The second-order valence-corrected chi connectivity index (χ2v) is 8.45. The lowest BCUT2D eigenvalue weighted by Gasteiger charge is -2.23. The third-order valence-corrected chi connectivity index (χ3v) is 5.95. The fraction of sp³-hybridized carbons (Fsp3) is 0.350. The van der Waals surface area contributed by atoms with Crippen molar-refractivity contribution in [2.45, 2.75) is 44.2 Å². The van der Waals surface area contributed by atoms with Crippen LogP contribution < -0.4 is 4.72 Å². The van der Waals surface area contributed by atoms with Crippen LogP contribution >= 0.6 is 0 Å². The minimum Gasteiger partial charge on any atom is -0.331 e. The second kappa shape index (κ2) is 7.60. The van der Waals surface area contributed by atoms with Gasteiger partial charge >= 0.3 is 0 Å². The lowest BCUT2D eigenvalue weighted by Crippen LogP contribution is -2.33. The molecule has 1 saturated carbocycles. The SMILES string of the molecule is CCNS(=O)(=O)c1cccc(C(=O)N(Cc2cccc(C)c2)C2CC2)c1. The summed E-state index contributed by atoms with van der Waals surface area (Å²) in [6.45, 7) is 4.60. The average molecular weight is 372 g/mol. The third kappa shape index (κ3) is 4.31. The molecule has 2 aromatic carbocycles. The number of amides is 1. The van der Waals surface area contributed by atoms with Gasteiger partial charge < -0.3 is 4.90 Å². The van der Waals surface area contributed by atoms with Crippen molar-refractivity contribution >= 4 is 15.9 Å². The summed E-state index contributed by atoms with van der Waals surface area (Å²) in [6, 6.07) is 14.6. The van der Waals surface area contributed by atoms with Crippen molar-refractivity contribution in [1.29, 1.82) is 0 Å². The largest absolute Gasteiger partial charge is 0.331 e. The van der Waals surface area contributed by atoms with Gasteiger partial charge in [0, 0.05) is 24.7 Å². The van der Waals surface area contributed by atoms with Crippen molar-refractivity contribution in [2.24, 2.45) is 0 Å². The number of nitrogens with zero attached hydrogens (tertiary/aromatic N) is 1. The molecule has 1 N–H and O–H groups in total. The highest BCUT2D eigenvalue weighted by Gasteiger charge is 2.33. The zero-order chi connectivity index (χ0) is 18.7. The summed E-state index contributed by atoms with van der Waals surface area (Å²) in [7, 11) is -3.58. The molecule has 0 heterocycles. The summed E-state index contributed by atoms with van der Waals surface area (Å²) < 4.78 is 26.9. The molecule has 0 spiro atoms. The van der Waals surface area contributed by atoms with Crippen molar-refractivity contribution in [3.8, 4) is 0 Å². The van der Waals surface area contributed by atoms with E-state index >= 15 is 0 Å². The summed E-state index contributed by atoms with van der Waals surface area (Å²) in [5.41, 5.74) is 2.65. The van der Waals surface area contributed by atoms with E-state index in [1.54, 1.807) is 19.1 Å². The molecule has 0 bridgehead atoms. The van der Waals surface area contributed by atoms with E-state index in [0.29, 0.717) is 18.7 Å². The van der Waals surface area contributed by atoms with E-state index in [4.69, 9.17) is 0 Å². The Morgan fingerprint density at radius 3 is 2.54 bits per heavy atom. The summed E-state index contributed by atoms with van der Waals surface area (Å²) in [6.07, 6.45) is 1.99. The quantitative estimate of drug-likeness (QED) is 0.812. The second-order valence-electron chi connectivity index (χ2n) is 6.68. The van der Waals surface area contributed by atoms with Crippen LogP contribution in [0.5, 0.6) is 0 Å². The average Bonchev–Trinajstić information content (AvgIpc) is 3.44. The molecule has 26 heavy (non-hydrogen) atoms. The molecule has 6 heteroatoms. The summed E-state index contributed by atoms with van der Waals surface area (Å²) in [5, 5.41) is 0. The minimum absolute atomic E-state index is 0.122. The number of benzene rings is 2. The highest BCUT2D eigenvalue weighted by atomic mass is 32.2. The molecule has 2 aromatic rings. The Morgan fingerprint density at radius 1 is 1.15 bits per heavy atom. The van der Waals surface area contributed by atoms with E-state index in [0.717, 1.165) is 24.0 Å². The van der Waals surface area contributed by atoms with E-state index in [1.165, 1.54) is 12.1 Å². The summed E-state index contributed by atoms with van der Waals surface area (Å²) in [4.78, 5) is 15.0. The van der Waals surface area contributed by atoms with Crippen LogP contribution in [0.15, 0.2) is 53.4 Å². The van der Waals surface area contributed by atoms with Crippen molar-refractivity contribution in [3.05, 3.63) is 65.2 Å². The normalized spacial score (nSPS) is 14.2. The van der Waals surface area contributed by atoms with Crippen LogP contribution in [0.25, 0.3) is 0 Å². The van der Waals surface area contributed by atoms with Crippen LogP contribution in [0, 0.1) is 6.92 Å². The third-order valence-electron chi connectivity index (χ3n) is 4.41. The van der Waals surface area contributed by atoms with Crippen LogP contribution in [0.3, 0.4) is 0 Å².